The number of para-hydroxylation sites is 1. The van der Waals surface area contributed by atoms with Crippen LogP contribution >= 0.6 is 0 Å². The normalized spacial score (nSPS) is 13.9. The standard InChI is InChI=1S/C25H26N2O4S/c1-3-31-24-7-5-4-6-23(24)25(28)26-21-11-10-19-14-15-27(17-20(19)16-21)32(29,30)22-12-8-18(2)9-13-22/h4-13,16H,3,14-15,17H2,1-2H3,(H,26,28). The molecule has 4 rings (SSSR count). The summed E-state index contributed by atoms with van der Waals surface area (Å²) in [6, 6.07) is 19.7. The molecule has 32 heavy (non-hydrogen) atoms. The number of rotatable bonds is 6. The Kier molecular flexibility index (Phi) is 6.30. The van der Waals surface area contributed by atoms with E-state index in [9.17, 15) is 13.2 Å². The summed E-state index contributed by atoms with van der Waals surface area (Å²) in [4.78, 5) is 13.1. The molecule has 1 aliphatic rings. The van der Waals surface area contributed by atoms with Gasteiger partial charge in [0.25, 0.3) is 5.91 Å². The highest BCUT2D eigenvalue weighted by atomic mass is 32.2. The fourth-order valence-corrected chi connectivity index (χ4v) is 5.23. The van der Waals surface area contributed by atoms with Crippen LogP contribution in [0.25, 0.3) is 0 Å². The largest absolute Gasteiger partial charge is 0.493 e. The lowest BCUT2D eigenvalue weighted by molar-refractivity contribution is 0.102. The molecule has 0 aromatic heterocycles. The van der Waals surface area contributed by atoms with E-state index < -0.39 is 10.0 Å². The number of hydrogen-bond acceptors (Lipinski definition) is 4. The third-order valence-electron chi connectivity index (χ3n) is 5.53. The molecule has 6 nitrogen and oxygen atoms in total. The van der Waals surface area contributed by atoms with E-state index >= 15 is 0 Å². The minimum atomic E-state index is -3.58. The van der Waals surface area contributed by atoms with Gasteiger partial charge in [-0.2, -0.15) is 4.31 Å². The van der Waals surface area contributed by atoms with E-state index in [1.54, 1.807) is 42.5 Å². The van der Waals surface area contributed by atoms with Crippen molar-refractivity contribution >= 4 is 21.6 Å². The van der Waals surface area contributed by atoms with Gasteiger partial charge in [-0.05, 0) is 67.8 Å². The topological polar surface area (TPSA) is 75.7 Å². The first kappa shape index (κ1) is 22.0. The third-order valence-corrected chi connectivity index (χ3v) is 7.39. The van der Waals surface area contributed by atoms with E-state index in [-0.39, 0.29) is 12.5 Å². The fourth-order valence-electron chi connectivity index (χ4n) is 3.81. The molecule has 1 N–H and O–H groups in total. The summed E-state index contributed by atoms with van der Waals surface area (Å²) in [7, 11) is -3.58. The molecule has 0 saturated heterocycles. The number of ether oxygens (including phenoxy) is 1. The van der Waals surface area contributed by atoms with E-state index in [4.69, 9.17) is 4.74 Å². The second-order valence-corrected chi connectivity index (χ2v) is 9.71. The second kappa shape index (κ2) is 9.14. The van der Waals surface area contributed by atoms with E-state index in [1.165, 1.54) is 4.31 Å². The number of aryl methyl sites for hydroxylation is 1. The number of amides is 1. The van der Waals surface area contributed by atoms with Gasteiger partial charge in [0.2, 0.25) is 10.0 Å². The average molecular weight is 451 g/mol. The zero-order valence-corrected chi connectivity index (χ0v) is 19.0. The number of nitrogens with zero attached hydrogens (tertiary/aromatic N) is 1. The molecular weight excluding hydrogens is 424 g/mol. The number of benzene rings is 3. The van der Waals surface area contributed by atoms with Gasteiger partial charge >= 0.3 is 0 Å². The zero-order valence-electron chi connectivity index (χ0n) is 18.2. The molecule has 1 amide bonds. The van der Waals surface area contributed by atoms with Crippen LogP contribution < -0.4 is 10.1 Å². The Labute approximate surface area is 188 Å². The summed E-state index contributed by atoms with van der Waals surface area (Å²) in [5.41, 5.74) is 4.07. The van der Waals surface area contributed by atoms with Crippen LogP contribution in [0.3, 0.4) is 0 Å². The Morgan fingerprint density at radius 1 is 1.03 bits per heavy atom. The van der Waals surface area contributed by atoms with Gasteiger partial charge < -0.3 is 10.1 Å². The molecular formula is C25H26N2O4S. The quantitative estimate of drug-likeness (QED) is 0.604. The van der Waals surface area contributed by atoms with Crippen molar-refractivity contribution < 1.29 is 17.9 Å². The first-order valence-electron chi connectivity index (χ1n) is 10.6. The molecule has 1 aliphatic heterocycles. The first-order valence-corrected chi connectivity index (χ1v) is 12.0. The van der Waals surface area contributed by atoms with Crippen molar-refractivity contribution in [2.75, 3.05) is 18.5 Å². The van der Waals surface area contributed by atoms with Gasteiger partial charge in [-0.1, -0.05) is 35.9 Å². The summed E-state index contributed by atoms with van der Waals surface area (Å²) in [5.74, 6) is 0.259. The molecule has 0 unspecified atom stereocenters. The zero-order chi connectivity index (χ0) is 22.7. The monoisotopic (exact) mass is 450 g/mol. The molecule has 166 valence electrons. The van der Waals surface area contributed by atoms with Crippen LogP contribution in [0.2, 0.25) is 0 Å². The molecule has 0 aliphatic carbocycles. The minimum Gasteiger partial charge on any atom is -0.493 e. The number of hydrogen-bond donors (Lipinski definition) is 1. The highest BCUT2D eigenvalue weighted by Gasteiger charge is 2.28. The molecule has 0 spiro atoms. The number of fused-ring (bicyclic) bond motifs is 1. The van der Waals surface area contributed by atoms with Gasteiger partial charge in [-0.25, -0.2) is 8.42 Å². The molecule has 3 aromatic carbocycles. The van der Waals surface area contributed by atoms with Gasteiger partial charge in [0.1, 0.15) is 5.75 Å². The Hall–Kier alpha value is -3.16. The minimum absolute atomic E-state index is 0.269. The molecule has 7 heteroatoms. The molecule has 0 atom stereocenters. The number of anilines is 1. The number of carbonyl (C=O) groups excluding carboxylic acids is 1. The highest BCUT2D eigenvalue weighted by molar-refractivity contribution is 7.89. The Bertz CT molecular complexity index is 1240. The maximum absolute atomic E-state index is 13.1. The van der Waals surface area contributed by atoms with Crippen LogP contribution in [0.1, 0.15) is 34.0 Å². The Morgan fingerprint density at radius 2 is 1.78 bits per heavy atom. The summed E-state index contributed by atoms with van der Waals surface area (Å²) in [6.45, 7) is 4.96. The van der Waals surface area contributed by atoms with Crippen molar-refractivity contribution in [1.82, 2.24) is 4.31 Å². The lowest BCUT2D eigenvalue weighted by Crippen LogP contribution is -2.36. The average Bonchev–Trinajstić information content (AvgIpc) is 2.79. The van der Waals surface area contributed by atoms with Crippen LogP contribution in [-0.4, -0.2) is 31.8 Å². The summed E-state index contributed by atoms with van der Waals surface area (Å²) >= 11 is 0. The summed E-state index contributed by atoms with van der Waals surface area (Å²) in [6.07, 6.45) is 0.627. The molecule has 0 fully saturated rings. The van der Waals surface area contributed by atoms with E-state index in [2.05, 4.69) is 5.32 Å². The predicted molar refractivity (Wildman–Crippen MR) is 124 cm³/mol. The first-order chi connectivity index (χ1) is 15.4. The van der Waals surface area contributed by atoms with Gasteiger partial charge in [0, 0.05) is 18.8 Å². The van der Waals surface area contributed by atoms with Gasteiger partial charge in [0.05, 0.1) is 17.1 Å². The smallest absolute Gasteiger partial charge is 0.259 e. The van der Waals surface area contributed by atoms with Crippen molar-refractivity contribution in [1.29, 1.82) is 0 Å². The lowest BCUT2D eigenvalue weighted by atomic mass is 10.0. The maximum Gasteiger partial charge on any atom is 0.259 e. The Balaban J connectivity index is 1.54. The van der Waals surface area contributed by atoms with Crippen molar-refractivity contribution in [2.45, 2.75) is 31.7 Å². The van der Waals surface area contributed by atoms with Gasteiger partial charge in [-0.15, -0.1) is 0 Å². The number of sulfonamides is 1. The van der Waals surface area contributed by atoms with E-state index in [0.717, 1.165) is 16.7 Å². The van der Waals surface area contributed by atoms with Gasteiger partial charge in [0.15, 0.2) is 0 Å². The van der Waals surface area contributed by atoms with Crippen molar-refractivity contribution in [3.63, 3.8) is 0 Å². The lowest BCUT2D eigenvalue weighted by Gasteiger charge is -2.28. The predicted octanol–water partition coefficient (Wildman–Crippen LogP) is 4.39. The molecule has 3 aromatic rings. The van der Waals surface area contributed by atoms with Crippen molar-refractivity contribution in [3.8, 4) is 5.75 Å². The van der Waals surface area contributed by atoms with E-state index in [0.29, 0.717) is 41.5 Å². The van der Waals surface area contributed by atoms with Crippen LogP contribution in [0, 0.1) is 6.92 Å². The maximum atomic E-state index is 13.1. The van der Waals surface area contributed by atoms with Crippen LogP contribution in [-0.2, 0) is 23.0 Å². The van der Waals surface area contributed by atoms with Crippen molar-refractivity contribution in [3.05, 3.63) is 89.0 Å². The number of carbonyl (C=O) groups is 1. The van der Waals surface area contributed by atoms with Crippen molar-refractivity contribution in [2.24, 2.45) is 0 Å². The molecule has 0 bridgehead atoms. The molecule has 0 radical (unpaired) electrons. The second-order valence-electron chi connectivity index (χ2n) is 7.77. The van der Waals surface area contributed by atoms with Gasteiger partial charge in [-0.3, -0.25) is 4.79 Å². The molecule has 0 saturated carbocycles. The van der Waals surface area contributed by atoms with Crippen LogP contribution in [0.4, 0.5) is 5.69 Å². The fraction of sp³-hybridized carbons (Fsp3) is 0.240. The van der Waals surface area contributed by atoms with Crippen LogP contribution in [0.15, 0.2) is 71.6 Å². The Morgan fingerprint density at radius 3 is 2.53 bits per heavy atom. The SMILES string of the molecule is CCOc1ccccc1C(=O)Nc1ccc2c(c1)CN(S(=O)(=O)c1ccc(C)cc1)CC2. The summed E-state index contributed by atoms with van der Waals surface area (Å²) in [5, 5.41) is 2.91. The number of nitrogens with one attached hydrogen (secondary N) is 1. The molecule has 1 heterocycles. The van der Waals surface area contributed by atoms with Crippen LogP contribution in [0.5, 0.6) is 5.75 Å². The third kappa shape index (κ3) is 4.54. The summed E-state index contributed by atoms with van der Waals surface area (Å²) < 4.78 is 33.2. The highest BCUT2D eigenvalue weighted by Crippen LogP contribution is 2.28. The van der Waals surface area contributed by atoms with E-state index in [1.807, 2.05) is 38.1 Å².